The first-order valence-corrected chi connectivity index (χ1v) is 9.52. The first kappa shape index (κ1) is 17.5. The molecule has 0 saturated carbocycles. The van der Waals surface area contributed by atoms with Crippen molar-refractivity contribution >= 4 is 22.6 Å². The Balaban J connectivity index is 2.13. The van der Waals surface area contributed by atoms with E-state index in [0.29, 0.717) is 0 Å². The average molecular weight is 351 g/mol. The molecule has 3 aromatic carbocycles. The molecule has 0 amide bonds. The Hall–Kier alpha value is -2.93. The van der Waals surface area contributed by atoms with Gasteiger partial charge in [0.2, 0.25) is 0 Å². The predicted molar refractivity (Wildman–Crippen MR) is 118 cm³/mol. The fourth-order valence-corrected chi connectivity index (χ4v) is 4.17. The molecule has 134 valence electrons. The van der Waals surface area contributed by atoms with E-state index in [0.717, 1.165) is 17.4 Å². The highest BCUT2D eigenvalue weighted by molar-refractivity contribution is 6.08. The molecule has 0 heterocycles. The quantitative estimate of drug-likeness (QED) is 0.484. The van der Waals surface area contributed by atoms with Crippen molar-refractivity contribution in [3.05, 3.63) is 88.0 Å². The number of hydrogen-bond acceptors (Lipinski definition) is 1. The molecular formula is C26H25N. The molecule has 0 unspecified atom stereocenters. The second-order valence-electron chi connectivity index (χ2n) is 7.58. The highest BCUT2D eigenvalue weighted by Gasteiger charge is 2.20. The summed E-state index contributed by atoms with van der Waals surface area (Å²) in [5.41, 5.74) is 11.3. The third-order valence-electron chi connectivity index (χ3n) is 5.95. The average Bonchev–Trinajstić information content (AvgIpc) is 3.10. The molecule has 1 heteroatoms. The van der Waals surface area contributed by atoms with Crippen LogP contribution in [0.15, 0.2) is 60.2 Å². The predicted octanol–water partition coefficient (Wildman–Crippen LogP) is 7.16. The summed E-state index contributed by atoms with van der Waals surface area (Å²) in [6.45, 7) is 8.74. The molecule has 0 saturated heterocycles. The van der Waals surface area contributed by atoms with Crippen LogP contribution in [0.4, 0.5) is 0 Å². The Morgan fingerprint density at radius 3 is 2.37 bits per heavy atom. The molecule has 1 aliphatic carbocycles. The molecule has 27 heavy (non-hydrogen) atoms. The molecule has 1 aliphatic rings. The van der Waals surface area contributed by atoms with Gasteiger partial charge in [-0.3, -0.25) is 0 Å². The van der Waals surface area contributed by atoms with Gasteiger partial charge in [0.1, 0.15) is 0 Å². The molecule has 1 N–H and O–H groups in total. The fourth-order valence-electron chi connectivity index (χ4n) is 4.17. The van der Waals surface area contributed by atoms with Gasteiger partial charge in [0.25, 0.3) is 0 Å². The first-order chi connectivity index (χ1) is 13.0. The Morgan fingerprint density at radius 1 is 0.889 bits per heavy atom. The smallest absolute Gasteiger partial charge is 0.0262 e. The van der Waals surface area contributed by atoms with Crippen LogP contribution in [0.3, 0.4) is 0 Å². The molecule has 0 bridgehead atoms. The molecule has 0 spiro atoms. The van der Waals surface area contributed by atoms with Crippen LogP contribution in [-0.4, -0.2) is 6.21 Å². The van der Waals surface area contributed by atoms with Crippen LogP contribution >= 0.6 is 0 Å². The van der Waals surface area contributed by atoms with Crippen molar-refractivity contribution in [1.29, 1.82) is 5.41 Å². The maximum absolute atomic E-state index is 8.20. The zero-order valence-corrected chi connectivity index (χ0v) is 16.5. The van der Waals surface area contributed by atoms with Crippen molar-refractivity contribution in [2.75, 3.05) is 0 Å². The number of allylic oxidation sites excluding steroid dienone is 4. The lowest BCUT2D eigenvalue weighted by atomic mass is 9.84. The van der Waals surface area contributed by atoms with Crippen molar-refractivity contribution in [3.63, 3.8) is 0 Å². The summed E-state index contributed by atoms with van der Waals surface area (Å²) in [6.07, 6.45) is 7.01. The number of nitrogens with one attached hydrogen (secondary N) is 1. The largest absolute Gasteiger partial charge is 0.308 e. The molecule has 0 aliphatic heterocycles. The number of benzene rings is 3. The van der Waals surface area contributed by atoms with Crippen LogP contribution in [0.25, 0.3) is 27.5 Å². The number of aryl methyl sites for hydroxylation is 1. The van der Waals surface area contributed by atoms with Crippen LogP contribution in [0.1, 0.15) is 41.2 Å². The lowest BCUT2D eigenvalue weighted by molar-refractivity contribution is 1.27. The van der Waals surface area contributed by atoms with Gasteiger partial charge < -0.3 is 5.41 Å². The molecule has 1 nitrogen and oxygen atoms in total. The van der Waals surface area contributed by atoms with E-state index in [-0.39, 0.29) is 0 Å². The Morgan fingerprint density at radius 2 is 1.67 bits per heavy atom. The summed E-state index contributed by atoms with van der Waals surface area (Å²) in [4.78, 5) is 0. The lowest BCUT2D eigenvalue weighted by Crippen LogP contribution is -2.00. The highest BCUT2D eigenvalue weighted by atomic mass is 14.3. The van der Waals surface area contributed by atoms with Crippen LogP contribution in [0, 0.1) is 26.2 Å². The third-order valence-corrected chi connectivity index (χ3v) is 5.95. The number of rotatable bonds is 3. The topological polar surface area (TPSA) is 23.9 Å². The summed E-state index contributed by atoms with van der Waals surface area (Å²) < 4.78 is 0. The molecular weight excluding hydrogens is 326 g/mol. The molecule has 0 fully saturated rings. The molecule has 4 rings (SSSR count). The van der Waals surface area contributed by atoms with Gasteiger partial charge in [-0.1, -0.05) is 54.1 Å². The van der Waals surface area contributed by atoms with Crippen molar-refractivity contribution < 1.29 is 0 Å². The van der Waals surface area contributed by atoms with E-state index in [1.807, 2.05) is 0 Å². The van der Waals surface area contributed by atoms with E-state index >= 15 is 0 Å². The van der Waals surface area contributed by atoms with Gasteiger partial charge in [0, 0.05) is 11.8 Å². The van der Waals surface area contributed by atoms with Gasteiger partial charge in [-0.2, -0.15) is 0 Å². The van der Waals surface area contributed by atoms with E-state index in [2.05, 4.69) is 82.3 Å². The van der Waals surface area contributed by atoms with Crippen LogP contribution in [-0.2, 0) is 0 Å². The lowest BCUT2D eigenvalue weighted by Gasteiger charge is -2.20. The van der Waals surface area contributed by atoms with Gasteiger partial charge in [0.15, 0.2) is 0 Å². The third kappa shape index (κ3) is 2.84. The summed E-state index contributed by atoms with van der Waals surface area (Å²) in [5, 5.41) is 10.5. The van der Waals surface area contributed by atoms with Crippen molar-refractivity contribution in [1.82, 2.24) is 0 Å². The van der Waals surface area contributed by atoms with Gasteiger partial charge in [0.05, 0.1) is 0 Å². The fraction of sp³-hybridized carbons (Fsp3) is 0.192. The van der Waals surface area contributed by atoms with Crippen molar-refractivity contribution in [2.45, 2.75) is 34.1 Å². The standard InChI is InChI=1S/C26H25N/c1-16-9-11-21(13-16)26-24(22-12-10-17(2)18(3)19(22)4)14-20-7-5-6-8-23(20)25(26)15-27/h5-10,12-15,27H,11H2,1-4H3. The van der Waals surface area contributed by atoms with E-state index < -0.39 is 0 Å². The van der Waals surface area contributed by atoms with Gasteiger partial charge >= 0.3 is 0 Å². The summed E-state index contributed by atoms with van der Waals surface area (Å²) in [5.74, 6) is 0. The summed E-state index contributed by atoms with van der Waals surface area (Å²) >= 11 is 0. The van der Waals surface area contributed by atoms with E-state index in [9.17, 15) is 0 Å². The summed E-state index contributed by atoms with van der Waals surface area (Å²) in [6, 6.07) is 15.2. The van der Waals surface area contributed by atoms with Gasteiger partial charge in [-0.15, -0.1) is 0 Å². The minimum absolute atomic E-state index is 0.932. The van der Waals surface area contributed by atoms with Crippen LogP contribution in [0.5, 0.6) is 0 Å². The van der Waals surface area contributed by atoms with Crippen molar-refractivity contribution in [3.8, 4) is 11.1 Å². The monoisotopic (exact) mass is 351 g/mol. The maximum atomic E-state index is 8.20. The van der Waals surface area contributed by atoms with E-state index in [1.165, 1.54) is 56.1 Å². The van der Waals surface area contributed by atoms with E-state index in [4.69, 9.17) is 5.41 Å². The second-order valence-corrected chi connectivity index (χ2v) is 7.58. The van der Waals surface area contributed by atoms with Crippen LogP contribution in [0.2, 0.25) is 0 Å². The number of fused-ring (bicyclic) bond motifs is 1. The van der Waals surface area contributed by atoms with Crippen LogP contribution < -0.4 is 0 Å². The van der Waals surface area contributed by atoms with Crippen molar-refractivity contribution in [2.24, 2.45) is 0 Å². The Bertz CT molecular complexity index is 1140. The van der Waals surface area contributed by atoms with Gasteiger partial charge in [-0.25, -0.2) is 0 Å². The zero-order valence-electron chi connectivity index (χ0n) is 16.5. The highest BCUT2D eigenvalue weighted by Crippen LogP contribution is 2.41. The SMILES string of the molecule is CC1=CCC(c2c(-c3ccc(C)c(C)c3C)cc3ccccc3c2C=N)=C1. The number of hydrogen-bond donors (Lipinski definition) is 1. The minimum atomic E-state index is 0.932. The summed E-state index contributed by atoms with van der Waals surface area (Å²) in [7, 11) is 0. The molecule has 0 atom stereocenters. The normalized spacial score (nSPS) is 13.6. The first-order valence-electron chi connectivity index (χ1n) is 9.52. The van der Waals surface area contributed by atoms with Gasteiger partial charge in [-0.05, 0) is 89.9 Å². The minimum Gasteiger partial charge on any atom is -0.308 e. The Kier molecular flexibility index (Phi) is 4.31. The molecule has 0 aromatic heterocycles. The second kappa shape index (κ2) is 6.66. The molecule has 0 radical (unpaired) electrons. The Labute approximate surface area is 161 Å². The molecule has 3 aromatic rings. The van der Waals surface area contributed by atoms with E-state index in [1.54, 1.807) is 0 Å². The maximum Gasteiger partial charge on any atom is 0.0262 e. The zero-order chi connectivity index (χ0) is 19.1.